The number of aliphatic carboxylic acids is 1. The number of carboxylic acids is 1. The number of amides is 1. The van der Waals surface area contributed by atoms with E-state index in [1.54, 1.807) is 11.8 Å². The average Bonchev–Trinajstić information content (AvgIpc) is 2.30. The lowest BCUT2D eigenvalue weighted by atomic mass is 10.0. The van der Waals surface area contributed by atoms with Crippen LogP contribution < -0.4 is 5.32 Å². The zero-order chi connectivity index (χ0) is 12.8. The van der Waals surface area contributed by atoms with E-state index in [2.05, 4.69) is 5.32 Å². The number of nitrogens with one attached hydrogen (secondary N) is 1. The minimum Gasteiger partial charge on any atom is -0.481 e. The van der Waals surface area contributed by atoms with Gasteiger partial charge in [0.2, 0.25) is 5.91 Å². The summed E-state index contributed by atoms with van der Waals surface area (Å²) in [6, 6.07) is -0.367. The number of carbonyl (C=O) groups excluding carboxylic acids is 1. The molecule has 98 valence electrons. The Balaban J connectivity index is 2.58. The quantitative estimate of drug-likeness (QED) is 0.749. The topological polar surface area (TPSA) is 69.6 Å². The van der Waals surface area contributed by atoms with Gasteiger partial charge < -0.3 is 15.3 Å². The molecule has 1 saturated heterocycles. The van der Waals surface area contributed by atoms with Crippen molar-refractivity contribution in [1.82, 2.24) is 10.2 Å². The highest BCUT2D eigenvalue weighted by Gasteiger charge is 2.28. The lowest BCUT2D eigenvalue weighted by Gasteiger charge is -2.32. The highest BCUT2D eigenvalue weighted by atomic mass is 16.4. The summed E-state index contributed by atoms with van der Waals surface area (Å²) < 4.78 is 0. The van der Waals surface area contributed by atoms with E-state index in [9.17, 15) is 9.59 Å². The van der Waals surface area contributed by atoms with E-state index >= 15 is 0 Å². The summed E-state index contributed by atoms with van der Waals surface area (Å²) in [5.74, 6) is -0.818. The molecule has 1 rings (SSSR count). The van der Waals surface area contributed by atoms with Crippen LogP contribution in [0, 0.1) is 0 Å². The molecule has 0 radical (unpaired) electrons. The summed E-state index contributed by atoms with van der Waals surface area (Å²) in [6.07, 6.45) is 3.04. The Morgan fingerprint density at radius 3 is 2.65 bits per heavy atom. The molecule has 17 heavy (non-hydrogen) atoms. The van der Waals surface area contributed by atoms with Crippen molar-refractivity contribution >= 4 is 11.9 Å². The third-order valence-electron chi connectivity index (χ3n) is 3.23. The molecule has 0 aromatic heterocycles. The molecule has 0 aromatic rings. The number of carbonyl (C=O) groups is 2. The maximum atomic E-state index is 12.2. The first-order chi connectivity index (χ1) is 8.06. The molecular formula is C12H22N2O3. The van der Waals surface area contributed by atoms with Gasteiger partial charge in [0.25, 0.3) is 0 Å². The molecule has 1 aliphatic rings. The summed E-state index contributed by atoms with van der Waals surface area (Å²) in [5.41, 5.74) is 0. The van der Waals surface area contributed by atoms with Gasteiger partial charge in [0, 0.05) is 12.6 Å². The summed E-state index contributed by atoms with van der Waals surface area (Å²) in [5, 5.41) is 12.0. The van der Waals surface area contributed by atoms with Crippen molar-refractivity contribution in [1.29, 1.82) is 0 Å². The van der Waals surface area contributed by atoms with Gasteiger partial charge in [0.15, 0.2) is 0 Å². The molecule has 1 amide bonds. The Morgan fingerprint density at radius 2 is 2.18 bits per heavy atom. The Kier molecular flexibility index (Phi) is 5.41. The molecule has 2 atom stereocenters. The Morgan fingerprint density at radius 1 is 1.47 bits per heavy atom. The second-order valence-corrected chi connectivity index (χ2v) is 4.57. The van der Waals surface area contributed by atoms with Gasteiger partial charge in [0.05, 0.1) is 12.5 Å². The standard InChI is InChI=1S/C12H22N2O3/c1-3-14(9(2)8-11(15)16)12(17)10-6-4-5-7-13-10/h9-10,13H,3-8H2,1-2H3,(H,15,16)/t9?,10-/m1/s1. The van der Waals surface area contributed by atoms with Crippen molar-refractivity contribution in [3.8, 4) is 0 Å². The largest absolute Gasteiger partial charge is 0.481 e. The number of likely N-dealkylation sites (N-methyl/N-ethyl adjacent to an activating group) is 1. The van der Waals surface area contributed by atoms with Crippen molar-refractivity contribution in [2.75, 3.05) is 13.1 Å². The third-order valence-corrected chi connectivity index (χ3v) is 3.23. The SMILES string of the molecule is CCN(C(=O)[C@H]1CCCCN1)C(C)CC(=O)O. The molecular weight excluding hydrogens is 220 g/mol. The maximum absolute atomic E-state index is 12.2. The van der Waals surface area contributed by atoms with Crippen LogP contribution in [0.5, 0.6) is 0 Å². The van der Waals surface area contributed by atoms with E-state index in [0.717, 1.165) is 25.8 Å². The molecule has 1 aliphatic heterocycles. The van der Waals surface area contributed by atoms with Gasteiger partial charge in [-0.1, -0.05) is 6.42 Å². The van der Waals surface area contributed by atoms with Crippen molar-refractivity contribution in [3.05, 3.63) is 0 Å². The van der Waals surface area contributed by atoms with Crippen LogP contribution in [-0.2, 0) is 9.59 Å². The Hall–Kier alpha value is -1.10. The summed E-state index contributed by atoms with van der Waals surface area (Å²) in [6.45, 7) is 5.12. The predicted octanol–water partition coefficient (Wildman–Crippen LogP) is 0.840. The second-order valence-electron chi connectivity index (χ2n) is 4.57. The molecule has 0 aromatic carbocycles. The van der Waals surface area contributed by atoms with Gasteiger partial charge in [-0.15, -0.1) is 0 Å². The van der Waals surface area contributed by atoms with Crippen LogP contribution >= 0.6 is 0 Å². The van der Waals surface area contributed by atoms with Crippen LogP contribution in [0.4, 0.5) is 0 Å². The van der Waals surface area contributed by atoms with Gasteiger partial charge in [-0.05, 0) is 33.2 Å². The van der Waals surface area contributed by atoms with E-state index in [1.807, 2.05) is 6.92 Å². The summed E-state index contributed by atoms with van der Waals surface area (Å²) >= 11 is 0. The van der Waals surface area contributed by atoms with Crippen LogP contribution in [0.15, 0.2) is 0 Å². The minimum atomic E-state index is -0.861. The first-order valence-electron chi connectivity index (χ1n) is 6.32. The first kappa shape index (κ1) is 14.0. The van der Waals surface area contributed by atoms with Crippen LogP contribution in [0.3, 0.4) is 0 Å². The van der Waals surface area contributed by atoms with E-state index < -0.39 is 5.97 Å². The lowest BCUT2D eigenvalue weighted by molar-refractivity contribution is -0.141. The average molecular weight is 242 g/mol. The van der Waals surface area contributed by atoms with Crippen molar-refractivity contribution in [3.63, 3.8) is 0 Å². The van der Waals surface area contributed by atoms with E-state index in [4.69, 9.17) is 5.11 Å². The zero-order valence-corrected chi connectivity index (χ0v) is 10.6. The van der Waals surface area contributed by atoms with Crippen LogP contribution in [0.25, 0.3) is 0 Å². The smallest absolute Gasteiger partial charge is 0.305 e. The van der Waals surface area contributed by atoms with Gasteiger partial charge in [-0.3, -0.25) is 9.59 Å². The number of hydrogen-bond acceptors (Lipinski definition) is 3. The summed E-state index contributed by atoms with van der Waals surface area (Å²) in [4.78, 5) is 24.6. The first-order valence-corrected chi connectivity index (χ1v) is 6.32. The molecule has 0 bridgehead atoms. The predicted molar refractivity (Wildman–Crippen MR) is 64.7 cm³/mol. The highest BCUT2D eigenvalue weighted by molar-refractivity contribution is 5.82. The van der Waals surface area contributed by atoms with Crippen LogP contribution in [-0.4, -0.2) is 47.1 Å². The molecule has 1 heterocycles. The molecule has 1 unspecified atom stereocenters. The zero-order valence-electron chi connectivity index (χ0n) is 10.6. The normalized spacial score (nSPS) is 21.9. The second kappa shape index (κ2) is 6.59. The fraction of sp³-hybridized carbons (Fsp3) is 0.833. The van der Waals surface area contributed by atoms with E-state index in [0.29, 0.717) is 6.54 Å². The van der Waals surface area contributed by atoms with E-state index in [-0.39, 0.29) is 24.4 Å². The van der Waals surface area contributed by atoms with Crippen LogP contribution in [0.2, 0.25) is 0 Å². The lowest BCUT2D eigenvalue weighted by Crippen LogP contribution is -2.51. The van der Waals surface area contributed by atoms with Gasteiger partial charge in [-0.2, -0.15) is 0 Å². The number of piperidine rings is 1. The molecule has 2 N–H and O–H groups in total. The molecule has 0 saturated carbocycles. The summed E-state index contributed by atoms with van der Waals surface area (Å²) in [7, 11) is 0. The Bertz CT molecular complexity index is 275. The molecule has 0 spiro atoms. The minimum absolute atomic E-state index is 0.00625. The number of hydrogen-bond donors (Lipinski definition) is 2. The fourth-order valence-electron chi connectivity index (χ4n) is 2.31. The fourth-order valence-corrected chi connectivity index (χ4v) is 2.31. The number of rotatable bonds is 5. The van der Waals surface area contributed by atoms with Crippen molar-refractivity contribution < 1.29 is 14.7 Å². The van der Waals surface area contributed by atoms with Crippen molar-refractivity contribution in [2.45, 2.75) is 51.6 Å². The highest BCUT2D eigenvalue weighted by Crippen LogP contribution is 2.13. The molecule has 0 aliphatic carbocycles. The van der Waals surface area contributed by atoms with Gasteiger partial charge in [-0.25, -0.2) is 0 Å². The van der Waals surface area contributed by atoms with Gasteiger partial charge >= 0.3 is 5.97 Å². The molecule has 1 fully saturated rings. The number of nitrogens with zero attached hydrogens (tertiary/aromatic N) is 1. The van der Waals surface area contributed by atoms with Crippen LogP contribution in [0.1, 0.15) is 39.5 Å². The van der Waals surface area contributed by atoms with Crippen molar-refractivity contribution in [2.24, 2.45) is 0 Å². The van der Waals surface area contributed by atoms with Gasteiger partial charge in [0.1, 0.15) is 0 Å². The molecule has 5 heteroatoms. The molecule has 5 nitrogen and oxygen atoms in total. The Labute approximate surface area is 102 Å². The number of carboxylic acid groups (broad SMARTS) is 1. The van der Waals surface area contributed by atoms with E-state index in [1.165, 1.54) is 0 Å². The monoisotopic (exact) mass is 242 g/mol. The third kappa shape index (κ3) is 4.00. The maximum Gasteiger partial charge on any atom is 0.305 e.